The van der Waals surface area contributed by atoms with Gasteiger partial charge in [0.25, 0.3) is 10.0 Å². The highest BCUT2D eigenvalue weighted by Gasteiger charge is 2.20. The number of nitrogen functional groups attached to an aromatic ring is 1. The standard InChI is InChI=1S/C11H17N3O3S/c1-9-6-10(12)8-11(7-9)18(15,16)13-14-2-4-17-5-3-14/h6-8,13H,2-5,12H2,1H3. The Balaban J connectivity index is 2.19. The summed E-state index contributed by atoms with van der Waals surface area (Å²) in [5.41, 5.74) is 6.92. The lowest BCUT2D eigenvalue weighted by Crippen LogP contribution is -2.48. The number of morpholine rings is 1. The van der Waals surface area contributed by atoms with Crippen molar-refractivity contribution in [3.63, 3.8) is 0 Å². The zero-order valence-corrected chi connectivity index (χ0v) is 11.0. The van der Waals surface area contributed by atoms with Crippen LogP contribution in [0.4, 0.5) is 5.69 Å². The van der Waals surface area contributed by atoms with Crippen LogP contribution >= 0.6 is 0 Å². The molecule has 1 saturated heterocycles. The number of benzene rings is 1. The van der Waals surface area contributed by atoms with E-state index in [1.165, 1.54) is 6.07 Å². The van der Waals surface area contributed by atoms with Gasteiger partial charge < -0.3 is 10.5 Å². The van der Waals surface area contributed by atoms with Crippen LogP contribution in [-0.4, -0.2) is 39.7 Å². The zero-order valence-electron chi connectivity index (χ0n) is 10.2. The topological polar surface area (TPSA) is 84.7 Å². The second-order valence-corrected chi connectivity index (χ2v) is 5.93. The molecule has 0 saturated carbocycles. The summed E-state index contributed by atoms with van der Waals surface area (Å²) in [6.45, 7) is 3.95. The van der Waals surface area contributed by atoms with E-state index in [1.54, 1.807) is 17.1 Å². The van der Waals surface area contributed by atoms with Gasteiger partial charge in [-0.3, -0.25) is 0 Å². The molecule has 0 spiro atoms. The van der Waals surface area contributed by atoms with Crippen LogP contribution in [-0.2, 0) is 14.8 Å². The summed E-state index contributed by atoms with van der Waals surface area (Å²) in [6, 6.07) is 4.78. The number of nitrogens with zero attached hydrogens (tertiary/aromatic N) is 1. The first-order valence-electron chi connectivity index (χ1n) is 5.70. The van der Waals surface area contributed by atoms with Crippen LogP contribution in [0.3, 0.4) is 0 Å². The third-order valence-corrected chi connectivity index (χ3v) is 4.00. The fourth-order valence-corrected chi connectivity index (χ4v) is 3.07. The molecule has 3 N–H and O–H groups in total. The van der Waals surface area contributed by atoms with Gasteiger partial charge in [-0.1, -0.05) is 0 Å². The van der Waals surface area contributed by atoms with Gasteiger partial charge >= 0.3 is 0 Å². The number of hydrogen-bond acceptors (Lipinski definition) is 5. The highest BCUT2D eigenvalue weighted by molar-refractivity contribution is 7.89. The Bertz CT molecular complexity index is 504. The molecule has 2 rings (SSSR count). The first-order chi connectivity index (χ1) is 8.47. The molecular formula is C11H17N3O3S. The van der Waals surface area contributed by atoms with E-state index in [0.29, 0.717) is 32.0 Å². The Morgan fingerprint density at radius 3 is 2.56 bits per heavy atom. The molecule has 1 aliphatic rings. The molecule has 6 nitrogen and oxygen atoms in total. The minimum atomic E-state index is -3.56. The van der Waals surface area contributed by atoms with Gasteiger partial charge in [0.2, 0.25) is 0 Å². The predicted octanol–water partition coefficient (Wildman–Crippen LogP) is 0.103. The van der Waals surface area contributed by atoms with Gasteiger partial charge in [0.05, 0.1) is 18.1 Å². The smallest absolute Gasteiger partial charge is 0.253 e. The zero-order chi connectivity index (χ0) is 13.2. The molecule has 0 atom stereocenters. The summed E-state index contributed by atoms with van der Waals surface area (Å²) in [5, 5.41) is 1.64. The van der Waals surface area contributed by atoms with Crippen LogP contribution in [0.1, 0.15) is 5.56 Å². The summed E-state index contributed by atoms with van der Waals surface area (Å²) < 4.78 is 29.5. The van der Waals surface area contributed by atoms with Crippen molar-refractivity contribution in [2.24, 2.45) is 0 Å². The van der Waals surface area contributed by atoms with Crippen molar-refractivity contribution in [3.8, 4) is 0 Å². The summed E-state index contributed by atoms with van der Waals surface area (Å²) >= 11 is 0. The van der Waals surface area contributed by atoms with Crippen LogP contribution in [0, 0.1) is 6.92 Å². The number of aryl methyl sites for hydroxylation is 1. The number of anilines is 1. The first-order valence-corrected chi connectivity index (χ1v) is 7.18. The SMILES string of the molecule is Cc1cc(N)cc(S(=O)(=O)NN2CCOCC2)c1. The minimum absolute atomic E-state index is 0.187. The van der Waals surface area contributed by atoms with Gasteiger partial charge in [-0.25, -0.2) is 13.4 Å². The van der Waals surface area contributed by atoms with Crippen LogP contribution in [0.15, 0.2) is 23.1 Å². The number of nitrogens with one attached hydrogen (secondary N) is 1. The lowest BCUT2D eigenvalue weighted by atomic mass is 10.2. The average Bonchev–Trinajstić information content (AvgIpc) is 2.28. The average molecular weight is 271 g/mol. The molecular weight excluding hydrogens is 254 g/mol. The monoisotopic (exact) mass is 271 g/mol. The van der Waals surface area contributed by atoms with Gasteiger partial charge in [0, 0.05) is 18.8 Å². The molecule has 1 aliphatic heterocycles. The maximum atomic E-state index is 12.2. The van der Waals surface area contributed by atoms with Gasteiger partial charge in [-0.05, 0) is 30.7 Å². The highest BCUT2D eigenvalue weighted by atomic mass is 32.2. The van der Waals surface area contributed by atoms with Gasteiger partial charge in [0.1, 0.15) is 0 Å². The first kappa shape index (κ1) is 13.3. The molecule has 7 heteroatoms. The number of nitrogens with two attached hydrogens (primary N) is 1. The van der Waals surface area contributed by atoms with E-state index in [0.717, 1.165) is 5.56 Å². The van der Waals surface area contributed by atoms with Gasteiger partial charge in [-0.15, -0.1) is 4.83 Å². The number of ether oxygens (including phenoxy) is 1. The summed E-state index contributed by atoms with van der Waals surface area (Å²) in [6.07, 6.45) is 0. The molecule has 100 valence electrons. The molecule has 0 radical (unpaired) electrons. The van der Waals surface area contributed by atoms with Crippen molar-refractivity contribution in [1.82, 2.24) is 9.84 Å². The fourth-order valence-electron chi connectivity index (χ4n) is 1.81. The third kappa shape index (κ3) is 3.20. The van der Waals surface area contributed by atoms with Gasteiger partial charge in [-0.2, -0.15) is 0 Å². The fraction of sp³-hybridized carbons (Fsp3) is 0.455. The molecule has 0 aliphatic carbocycles. The molecule has 1 aromatic carbocycles. The number of hydrazine groups is 1. The van der Waals surface area contributed by atoms with Crippen LogP contribution in [0.2, 0.25) is 0 Å². The van der Waals surface area contributed by atoms with E-state index in [1.807, 2.05) is 6.92 Å². The summed E-state index contributed by atoms with van der Waals surface area (Å²) in [7, 11) is -3.56. The van der Waals surface area contributed by atoms with Crippen molar-refractivity contribution in [2.45, 2.75) is 11.8 Å². The quantitative estimate of drug-likeness (QED) is 0.762. The third-order valence-electron chi connectivity index (χ3n) is 2.64. The van der Waals surface area contributed by atoms with Crippen molar-refractivity contribution in [3.05, 3.63) is 23.8 Å². The molecule has 1 heterocycles. The Kier molecular flexibility index (Phi) is 3.86. The Morgan fingerprint density at radius 1 is 1.28 bits per heavy atom. The Labute approximate surface area is 107 Å². The molecule has 0 amide bonds. The number of sulfonamides is 1. The highest BCUT2D eigenvalue weighted by Crippen LogP contribution is 2.16. The lowest BCUT2D eigenvalue weighted by molar-refractivity contribution is 0.0272. The van der Waals surface area contributed by atoms with Crippen molar-refractivity contribution >= 4 is 15.7 Å². The maximum absolute atomic E-state index is 12.2. The molecule has 0 aromatic heterocycles. The molecule has 18 heavy (non-hydrogen) atoms. The van der Waals surface area contributed by atoms with E-state index in [-0.39, 0.29) is 4.90 Å². The number of hydrogen-bond donors (Lipinski definition) is 2. The van der Waals surface area contributed by atoms with E-state index in [4.69, 9.17) is 10.5 Å². The Morgan fingerprint density at radius 2 is 1.94 bits per heavy atom. The summed E-state index contributed by atoms with van der Waals surface area (Å²) in [4.78, 5) is 2.72. The molecule has 1 fully saturated rings. The van der Waals surface area contributed by atoms with E-state index >= 15 is 0 Å². The number of rotatable bonds is 3. The Hall–Kier alpha value is -1.15. The lowest BCUT2D eigenvalue weighted by Gasteiger charge is -2.26. The summed E-state index contributed by atoms with van der Waals surface area (Å²) in [5.74, 6) is 0. The van der Waals surface area contributed by atoms with Crippen LogP contribution in [0.25, 0.3) is 0 Å². The second kappa shape index (κ2) is 5.23. The van der Waals surface area contributed by atoms with E-state index < -0.39 is 10.0 Å². The molecule has 0 bridgehead atoms. The minimum Gasteiger partial charge on any atom is -0.399 e. The van der Waals surface area contributed by atoms with Crippen LogP contribution < -0.4 is 10.6 Å². The predicted molar refractivity (Wildman–Crippen MR) is 68.3 cm³/mol. The molecule has 0 unspecified atom stereocenters. The van der Waals surface area contributed by atoms with E-state index in [9.17, 15) is 8.42 Å². The van der Waals surface area contributed by atoms with E-state index in [2.05, 4.69) is 4.83 Å². The largest absolute Gasteiger partial charge is 0.399 e. The van der Waals surface area contributed by atoms with Crippen molar-refractivity contribution < 1.29 is 13.2 Å². The second-order valence-electron chi connectivity index (χ2n) is 4.27. The van der Waals surface area contributed by atoms with Crippen molar-refractivity contribution in [2.75, 3.05) is 32.0 Å². The normalized spacial score (nSPS) is 17.8. The molecule has 1 aromatic rings. The van der Waals surface area contributed by atoms with Crippen molar-refractivity contribution in [1.29, 1.82) is 0 Å². The maximum Gasteiger partial charge on any atom is 0.253 e. The van der Waals surface area contributed by atoms with Crippen LogP contribution in [0.5, 0.6) is 0 Å². The van der Waals surface area contributed by atoms with Gasteiger partial charge in [0.15, 0.2) is 0 Å².